The molecule has 0 spiro atoms. The van der Waals surface area contributed by atoms with Crippen LogP contribution in [0.25, 0.3) is 0 Å². The number of benzene rings is 1. The van der Waals surface area contributed by atoms with E-state index >= 15 is 0 Å². The summed E-state index contributed by atoms with van der Waals surface area (Å²) in [5.41, 5.74) is 1.15. The molecule has 0 saturated heterocycles. The topological polar surface area (TPSA) is 59.3 Å². The molecule has 0 radical (unpaired) electrons. The van der Waals surface area contributed by atoms with Crippen molar-refractivity contribution in [2.45, 2.75) is 32.5 Å². The highest BCUT2D eigenvalue weighted by Crippen LogP contribution is 2.12. The fraction of sp³-hybridized carbons (Fsp3) is 0.438. The number of rotatable bonds is 8. The number of aromatic nitrogens is 2. The van der Waals surface area contributed by atoms with Crippen LogP contribution in [-0.4, -0.2) is 40.2 Å². The summed E-state index contributed by atoms with van der Waals surface area (Å²) >= 11 is 0. The largest absolute Gasteiger partial charge is 0.491 e. The van der Waals surface area contributed by atoms with Gasteiger partial charge in [-0.3, -0.25) is 4.68 Å². The molecule has 0 aliphatic carbocycles. The molecule has 0 saturated carbocycles. The van der Waals surface area contributed by atoms with Gasteiger partial charge in [0.25, 0.3) is 0 Å². The van der Waals surface area contributed by atoms with Gasteiger partial charge in [0.2, 0.25) is 0 Å². The van der Waals surface area contributed by atoms with E-state index in [4.69, 9.17) is 4.74 Å². The molecule has 0 aliphatic rings. The fourth-order valence-electron chi connectivity index (χ4n) is 2.05. The standard InChI is InChI=1S/C16H23N3O2/c1-13-5-3-6-16(9-13)21-12-15(20)10-17-14(2)11-19-8-4-7-18-19/h3-9,14-15,17,20H,10-12H2,1-2H3. The average molecular weight is 289 g/mol. The van der Waals surface area contributed by atoms with Gasteiger partial charge in [-0.25, -0.2) is 0 Å². The summed E-state index contributed by atoms with van der Waals surface area (Å²) in [6.45, 7) is 5.63. The van der Waals surface area contributed by atoms with Crippen LogP contribution in [-0.2, 0) is 6.54 Å². The molecule has 0 bridgehead atoms. The van der Waals surface area contributed by atoms with Gasteiger partial charge >= 0.3 is 0 Å². The molecule has 21 heavy (non-hydrogen) atoms. The van der Waals surface area contributed by atoms with Crippen molar-refractivity contribution in [2.24, 2.45) is 0 Å². The lowest BCUT2D eigenvalue weighted by atomic mass is 10.2. The number of hydrogen-bond donors (Lipinski definition) is 2. The Morgan fingerprint density at radius 2 is 2.24 bits per heavy atom. The van der Waals surface area contributed by atoms with E-state index in [2.05, 4.69) is 17.3 Å². The SMILES string of the molecule is Cc1cccc(OCC(O)CNC(C)Cn2cccn2)c1. The smallest absolute Gasteiger partial charge is 0.119 e. The number of ether oxygens (including phenoxy) is 1. The minimum absolute atomic E-state index is 0.235. The van der Waals surface area contributed by atoms with Crippen molar-refractivity contribution in [3.8, 4) is 5.75 Å². The van der Waals surface area contributed by atoms with Crippen molar-refractivity contribution in [3.63, 3.8) is 0 Å². The Balaban J connectivity index is 1.66. The van der Waals surface area contributed by atoms with E-state index in [0.29, 0.717) is 6.54 Å². The monoisotopic (exact) mass is 289 g/mol. The molecule has 2 rings (SSSR count). The molecule has 0 fully saturated rings. The van der Waals surface area contributed by atoms with Gasteiger partial charge in [-0.05, 0) is 37.6 Å². The average Bonchev–Trinajstić information content (AvgIpc) is 2.96. The molecule has 2 N–H and O–H groups in total. The molecule has 0 aliphatic heterocycles. The third-order valence-electron chi connectivity index (χ3n) is 3.15. The molecule has 5 heteroatoms. The zero-order chi connectivity index (χ0) is 15.1. The zero-order valence-electron chi connectivity index (χ0n) is 12.6. The van der Waals surface area contributed by atoms with E-state index in [-0.39, 0.29) is 12.6 Å². The van der Waals surface area contributed by atoms with E-state index < -0.39 is 6.10 Å². The molecule has 114 valence electrons. The van der Waals surface area contributed by atoms with Gasteiger partial charge < -0.3 is 15.2 Å². The Morgan fingerprint density at radius 3 is 2.95 bits per heavy atom. The summed E-state index contributed by atoms with van der Waals surface area (Å²) in [5.74, 6) is 0.790. The first-order valence-electron chi connectivity index (χ1n) is 7.22. The van der Waals surface area contributed by atoms with Crippen molar-refractivity contribution >= 4 is 0 Å². The molecule has 1 aromatic carbocycles. The van der Waals surface area contributed by atoms with Gasteiger partial charge in [0, 0.05) is 25.0 Å². The van der Waals surface area contributed by atoms with Gasteiger partial charge in [0.15, 0.2) is 0 Å². The maximum absolute atomic E-state index is 9.94. The molecule has 2 atom stereocenters. The quantitative estimate of drug-likeness (QED) is 0.775. The van der Waals surface area contributed by atoms with E-state index in [0.717, 1.165) is 17.9 Å². The van der Waals surface area contributed by atoms with Gasteiger partial charge in [-0.15, -0.1) is 0 Å². The normalized spacial score (nSPS) is 13.9. The van der Waals surface area contributed by atoms with E-state index in [1.165, 1.54) is 0 Å². The zero-order valence-corrected chi connectivity index (χ0v) is 12.6. The predicted molar refractivity (Wildman–Crippen MR) is 82.4 cm³/mol. The maximum Gasteiger partial charge on any atom is 0.119 e. The second-order valence-corrected chi connectivity index (χ2v) is 5.32. The van der Waals surface area contributed by atoms with Crippen LogP contribution in [0.2, 0.25) is 0 Å². The minimum Gasteiger partial charge on any atom is -0.491 e. The molecule has 2 aromatic rings. The number of hydrogen-bond acceptors (Lipinski definition) is 4. The second kappa shape index (κ2) is 7.81. The van der Waals surface area contributed by atoms with Crippen LogP contribution in [0.4, 0.5) is 0 Å². The predicted octanol–water partition coefficient (Wildman–Crippen LogP) is 1.61. The van der Waals surface area contributed by atoms with Crippen LogP contribution in [0, 0.1) is 6.92 Å². The number of aryl methyl sites for hydroxylation is 1. The Labute approximate surface area is 125 Å². The van der Waals surface area contributed by atoms with Gasteiger partial charge in [0.1, 0.15) is 18.5 Å². The first-order valence-corrected chi connectivity index (χ1v) is 7.22. The Morgan fingerprint density at radius 1 is 1.38 bits per heavy atom. The van der Waals surface area contributed by atoms with Crippen molar-refractivity contribution in [1.82, 2.24) is 15.1 Å². The summed E-state index contributed by atoms with van der Waals surface area (Å²) in [7, 11) is 0. The van der Waals surface area contributed by atoms with Crippen LogP contribution in [0.3, 0.4) is 0 Å². The summed E-state index contributed by atoms with van der Waals surface area (Å²) in [6.07, 6.45) is 3.15. The highest BCUT2D eigenvalue weighted by atomic mass is 16.5. The van der Waals surface area contributed by atoms with Crippen molar-refractivity contribution in [1.29, 1.82) is 0 Å². The third-order valence-corrected chi connectivity index (χ3v) is 3.15. The highest BCUT2D eigenvalue weighted by molar-refractivity contribution is 5.27. The van der Waals surface area contributed by atoms with E-state index in [9.17, 15) is 5.11 Å². The number of aliphatic hydroxyl groups is 1. The lowest BCUT2D eigenvalue weighted by molar-refractivity contribution is 0.103. The maximum atomic E-state index is 9.94. The Bertz CT molecular complexity index is 528. The van der Waals surface area contributed by atoms with Crippen molar-refractivity contribution in [2.75, 3.05) is 13.2 Å². The van der Waals surface area contributed by atoms with Gasteiger partial charge in [0.05, 0.1) is 6.54 Å². The fourth-order valence-corrected chi connectivity index (χ4v) is 2.05. The van der Waals surface area contributed by atoms with E-state index in [1.807, 2.05) is 48.1 Å². The Kier molecular flexibility index (Phi) is 5.78. The number of aliphatic hydroxyl groups excluding tert-OH is 1. The molecule has 0 amide bonds. The van der Waals surface area contributed by atoms with Crippen LogP contribution >= 0.6 is 0 Å². The molecule has 2 unspecified atom stereocenters. The lowest BCUT2D eigenvalue weighted by Gasteiger charge is -2.17. The molecular weight excluding hydrogens is 266 g/mol. The number of nitrogens with one attached hydrogen (secondary N) is 1. The van der Waals surface area contributed by atoms with Crippen LogP contribution in [0.5, 0.6) is 5.75 Å². The molecular formula is C16H23N3O2. The van der Waals surface area contributed by atoms with Gasteiger partial charge in [-0.2, -0.15) is 5.10 Å². The second-order valence-electron chi connectivity index (χ2n) is 5.32. The molecule has 5 nitrogen and oxygen atoms in total. The summed E-state index contributed by atoms with van der Waals surface area (Å²) in [4.78, 5) is 0. The van der Waals surface area contributed by atoms with Crippen LogP contribution in [0.1, 0.15) is 12.5 Å². The summed E-state index contributed by atoms with van der Waals surface area (Å²) in [6, 6.07) is 9.95. The van der Waals surface area contributed by atoms with Crippen LogP contribution < -0.4 is 10.1 Å². The highest BCUT2D eigenvalue weighted by Gasteiger charge is 2.08. The van der Waals surface area contributed by atoms with Crippen molar-refractivity contribution in [3.05, 3.63) is 48.3 Å². The summed E-state index contributed by atoms with van der Waals surface area (Å²) < 4.78 is 7.45. The molecule has 1 aromatic heterocycles. The summed E-state index contributed by atoms with van der Waals surface area (Å²) in [5, 5.41) is 17.4. The van der Waals surface area contributed by atoms with E-state index in [1.54, 1.807) is 6.20 Å². The van der Waals surface area contributed by atoms with Crippen LogP contribution in [0.15, 0.2) is 42.7 Å². The minimum atomic E-state index is -0.536. The number of nitrogens with zero attached hydrogens (tertiary/aromatic N) is 2. The van der Waals surface area contributed by atoms with Gasteiger partial charge in [-0.1, -0.05) is 12.1 Å². The first kappa shape index (κ1) is 15.5. The van der Waals surface area contributed by atoms with Crippen molar-refractivity contribution < 1.29 is 9.84 Å². The third kappa shape index (κ3) is 5.57. The lowest BCUT2D eigenvalue weighted by Crippen LogP contribution is -2.38. The molecule has 1 heterocycles. The first-order chi connectivity index (χ1) is 10.1. The Hall–Kier alpha value is -1.85.